The van der Waals surface area contributed by atoms with Crippen molar-refractivity contribution < 1.29 is 13.2 Å². The van der Waals surface area contributed by atoms with E-state index >= 15 is 0 Å². The van der Waals surface area contributed by atoms with Crippen molar-refractivity contribution in [1.29, 1.82) is 0 Å². The monoisotopic (exact) mass is 202 g/mol. The van der Waals surface area contributed by atoms with Crippen LogP contribution >= 0.6 is 0 Å². The van der Waals surface area contributed by atoms with Gasteiger partial charge in [-0.2, -0.15) is 0 Å². The summed E-state index contributed by atoms with van der Waals surface area (Å²) in [4.78, 5) is 0. The Kier molecular flexibility index (Phi) is 3.55. The molecule has 14 heavy (non-hydrogen) atoms. The van der Waals surface area contributed by atoms with E-state index in [4.69, 9.17) is 0 Å². The van der Waals surface area contributed by atoms with E-state index in [9.17, 15) is 13.2 Å². The van der Waals surface area contributed by atoms with Crippen molar-refractivity contribution in [3.8, 4) is 0 Å². The van der Waals surface area contributed by atoms with E-state index < -0.39 is 17.5 Å². The van der Waals surface area contributed by atoms with Crippen LogP contribution in [0.3, 0.4) is 0 Å². The molecule has 0 N–H and O–H groups in total. The van der Waals surface area contributed by atoms with Crippen LogP contribution in [-0.4, -0.2) is 0 Å². The summed E-state index contributed by atoms with van der Waals surface area (Å²) < 4.78 is 38.1. The van der Waals surface area contributed by atoms with E-state index in [1.165, 1.54) is 0 Å². The molecule has 0 amide bonds. The Balaban J connectivity index is 2.79. The van der Waals surface area contributed by atoms with Gasteiger partial charge in [-0.1, -0.05) is 13.8 Å². The minimum absolute atomic E-state index is 0.464. The lowest BCUT2D eigenvalue weighted by Crippen LogP contribution is -1.97. The van der Waals surface area contributed by atoms with Gasteiger partial charge < -0.3 is 0 Å². The molecule has 0 heterocycles. The molecule has 0 aliphatic carbocycles. The summed E-state index contributed by atoms with van der Waals surface area (Å²) in [6, 6.07) is 2.11. The van der Waals surface area contributed by atoms with E-state index in [0.717, 1.165) is 18.6 Å². The molecule has 0 aliphatic rings. The summed E-state index contributed by atoms with van der Waals surface area (Å²) in [6.45, 7) is 4.05. The number of hydrogen-bond donors (Lipinski definition) is 0. The lowest BCUT2D eigenvalue weighted by atomic mass is 10.0. The minimum Gasteiger partial charge on any atom is -0.204 e. The number of rotatable bonds is 3. The van der Waals surface area contributed by atoms with Crippen LogP contribution in [0, 0.1) is 23.4 Å². The summed E-state index contributed by atoms with van der Waals surface area (Å²) in [6.07, 6.45) is 1.41. The van der Waals surface area contributed by atoms with Crippen LogP contribution < -0.4 is 0 Å². The summed E-state index contributed by atoms with van der Waals surface area (Å²) in [5.41, 5.74) is 0.509. The molecule has 0 unspecified atom stereocenters. The van der Waals surface area contributed by atoms with Gasteiger partial charge in [0.15, 0.2) is 17.5 Å². The van der Waals surface area contributed by atoms with Crippen LogP contribution in [0.4, 0.5) is 13.2 Å². The largest absolute Gasteiger partial charge is 0.204 e. The van der Waals surface area contributed by atoms with Gasteiger partial charge in [0.1, 0.15) is 0 Å². The average molecular weight is 202 g/mol. The van der Waals surface area contributed by atoms with Gasteiger partial charge in [-0.05, 0) is 36.5 Å². The van der Waals surface area contributed by atoms with E-state index in [-0.39, 0.29) is 0 Å². The van der Waals surface area contributed by atoms with Gasteiger partial charge in [-0.15, -0.1) is 0 Å². The Hall–Kier alpha value is -0.990. The zero-order valence-corrected chi connectivity index (χ0v) is 8.28. The van der Waals surface area contributed by atoms with Crippen LogP contribution in [-0.2, 0) is 6.42 Å². The molecule has 0 spiro atoms. The molecule has 1 rings (SSSR count). The molecule has 1 aromatic rings. The summed E-state index contributed by atoms with van der Waals surface area (Å²) >= 11 is 0. The first-order chi connectivity index (χ1) is 6.50. The predicted molar refractivity (Wildman–Crippen MR) is 49.5 cm³/mol. The van der Waals surface area contributed by atoms with Crippen molar-refractivity contribution in [2.24, 2.45) is 5.92 Å². The summed E-state index contributed by atoms with van der Waals surface area (Å²) in [5.74, 6) is -3.14. The smallest absolute Gasteiger partial charge is 0.194 e. The second-order valence-electron chi connectivity index (χ2n) is 3.81. The van der Waals surface area contributed by atoms with E-state index in [2.05, 4.69) is 0 Å². The fraction of sp³-hybridized carbons (Fsp3) is 0.455. The third-order valence-electron chi connectivity index (χ3n) is 2.05. The van der Waals surface area contributed by atoms with Crippen LogP contribution in [0.2, 0.25) is 0 Å². The SMILES string of the molecule is CC(C)CCc1cc(F)c(F)c(F)c1. The highest BCUT2D eigenvalue weighted by molar-refractivity contribution is 5.19. The molecular weight excluding hydrogens is 189 g/mol. The molecule has 0 saturated heterocycles. The highest BCUT2D eigenvalue weighted by Crippen LogP contribution is 2.16. The van der Waals surface area contributed by atoms with Crippen molar-refractivity contribution in [1.82, 2.24) is 0 Å². The fourth-order valence-electron chi connectivity index (χ4n) is 1.21. The standard InChI is InChI=1S/C11H13F3/c1-7(2)3-4-8-5-9(12)11(14)10(13)6-8/h5-7H,3-4H2,1-2H3. The first kappa shape index (κ1) is 11.1. The summed E-state index contributed by atoms with van der Waals surface area (Å²) in [5, 5.41) is 0. The number of hydrogen-bond acceptors (Lipinski definition) is 0. The maximum absolute atomic E-state index is 12.7. The first-order valence-corrected chi connectivity index (χ1v) is 4.64. The van der Waals surface area contributed by atoms with E-state index in [1.54, 1.807) is 0 Å². The lowest BCUT2D eigenvalue weighted by Gasteiger charge is -2.05. The van der Waals surface area contributed by atoms with Gasteiger partial charge in [0, 0.05) is 0 Å². The van der Waals surface area contributed by atoms with Crippen molar-refractivity contribution in [2.45, 2.75) is 26.7 Å². The Morgan fingerprint density at radius 3 is 2.00 bits per heavy atom. The number of benzene rings is 1. The highest BCUT2D eigenvalue weighted by atomic mass is 19.2. The van der Waals surface area contributed by atoms with Crippen LogP contribution in [0.5, 0.6) is 0 Å². The van der Waals surface area contributed by atoms with Crippen LogP contribution in [0.1, 0.15) is 25.8 Å². The van der Waals surface area contributed by atoms with Gasteiger partial charge in [0.25, 0.3) is 0 Å². The van der Waals surface area contributed by atoms with Crippen molar-refractivity contribution in [2.75, 3.05) is 0 Å². The molecule has 0 nitrogen and oxygen atoms in total. The minimum atomic E-state index is -1.39. The van der Waals surface area contributed by atoms with Crippen molar-refractivity contribution >= 4 is 0 Å². The molecule has 78 valence electrons. The molecule has 0 radical (unpaired) electrons. The maximum atomic E-state index is 12.7. The predicted octanol–water partition coefficient (Wildman–Crippen LogP) is 3.69. The van der Waals surface area contributed by atoms with E-state index in [0.29, 0.717) is 17.9 Å². The quantitative estimate of drug-likeness (QED) is 0.656. The molecule has 0 bridgehead atoms. The van der Waals surface area contributed by atoms with Gasteiger partial charge in [0.2, 0.25) is 0 Å². The molecule has 0 saturated carbocycles. The maximum Gasteiger partial charge on any atom is 0.194 e. The molecule has 3 heteroatoms. The van der Waals surface area contributed by atoms with Gasteiger partial charge in [-0.3, -0.25) is 0 Å². The Labute approximate surface area is 81.8 Å². The highest BCUT2D eigenvalue weighted by Gasteiger charge is 2.10. The fourth-order valence-corrected chi connectivity index (χ4v) is 1.21. The van der Waals surface area contributed by atoms with Crippen LogP contribution in [0.15, 0.2) is 12.1 Å². The van der Waals surface area contributed by atoms with Crippen LogP contribution in [0.25, 0.3) is 0 Å². The topological polar surface area (TPSA) is 0 Å². The zero-order chi connectivity index (χ0) is 10.7. The molecule has 0 aliphatic heterocycles. The normalized spacial score (nSPS) is 11.0. The van der Waals surface area contributed by atoms with Gasteiger partial charge in [0.05, 0.1) is 0 Å². The third kappa shape index (κ3) is 2.76. The van der Waals surface area contributed by atoms with Crippen molar-refractivity contribution in [3.05, 3.63) is 35.1 Å². The molecule has 0 aromatic heterocycles. The number of aryl methyl sites for hydroxylation is 1. The Bertz CT molecular complexity index is 295. The zero-order valence-electron chi connectivity index (χ0n) is 8.28. The lowest BCUT2D eigenvalue weighted by molar-refractivity contribution is 0.444. The van der Waals surface area contributed by atoms with Gasteiger partial charge in [-0.25, -0.2) is 13.2 Å². The second kappa shape index (κ2) is 4.49. The second-order valence-corrected chi connectivity index (χ2v) is 3.81. The average Bonchev–Trinajstić information content (AvgIpc) is 2.10. The van der Waals surface area contributed by atoms with E-state index in [1.807, 2.05) is 13.8 Å². The van der Waals surface area contributed by atoms with Gasteiger partial charge >= 0.3 is 0 Å². The molecule has 0 atom stereocenters. The third-order valence-corrected chi connectivity index (χ3v) is 2.05. The molecular formula is C11H13F3. The molecule has 0 fully saturated rings. The Morgan fingerprint density at radius 2 is 1.57 bits per heavy atom. The summed E-state index contributed by atoms with van der Waals surface area (Å²) in [7, 11) is 0. The Morgan fingerprint density at radius 1 is 1.07 bits per heavy atom. The number of halogens is 3. The van der Waals surface area contributed by atoms with Crippen molar-refractivity contribution in [3.63, 3.8) is 0 Å². The molecule has 1 aromatic carbocycles. The first-order valence-electron chi connectivity index (χ1n) is 4.64.